The molecule has 0 fully saturated rings. The third kappa shape index (κ3) is 3.91. The minimum Gasteiger partial charge on any atom is -0.475 e. The van der Waals surface area contributed by atoms with E-state index in [-0.39, 0.29) is 35.3 Å². The fraction of sp³-hybridized carbons (Fsp3) is 0.190. The van der Waals surface area contributed by atoms with Crippen LogP contribution in [0.2, 0.25) is 0 Å². The number of ether oxygens (including phenoxy) is 1. The van der Waals surface area contributed by atoms with Crippen LogP contribution in [0.1, 0.15) is 21.5 Å². The number of aromatic nitrogens is 2. The molecule has 4 rings (SSSR count). The second kappa shape index (κ2) is 7.54. The highest BCUT2D eigenvalue weighted by Gasteiger charge is 2.34. The van der Waals surface area contributed by atoms with Gasteiger partial charge < -0.3 is 9.64 Å². The van der Waals surface area contributed by atoms with Crippen LogP contribution in [0, 0.1) is 0 Å². The maximum absolute atomic E-state index is 13.3. The van der Waals surface area contributed by atoms with Crippen molar-refractivity contribution in [1.82, 2.24) is 14.9 Å². The largest absolute Gasteiger partial charge is 0.475 e. The topological polar surface area (TPSA) is 55.3 Å². The minimum atomic E-state index is -4.55. The number of fused-ring (bicyclic) bond motifs is 1. The van der Waals surface area contributed by atoms with Crippen molar-refractivity contribution in [3.63, 3.8) is 0 Å². The van der Waals surface area contributed by atoms with Gasteiger partial charge in [0.05, 0.1) is 12.1 Å². The van der Waals surface area contributed by atoms with E-state index in [1.807, 2.05) is 30.3 Å². The van der Waals surface area contributed by atoms with Gasteiger partial charge in [-0.2, -0.15) is 18.2 Å². The molecule has 0 radical (unpaired) electrons. The van der Waals surface area contributed by atoms with Gasteiger partial charge >= 0.3 is 6.18 Å². The van der Waals surface area contributed by atoms with Gasteiger partial charge in [0.15, 0.2) is 5.82 Å². The lowest BCUT2D eigenvalue weighted by Gasteiger charge is -2.19. The number of benzene rings is 2. The molecule has 5 nitrogen and oxygen atoms in total. The summed E-state index contributed by atoms with van der Waals surface area (Å²) in [7, 11) is 0. The molecule has 0 atom stereocenters. The van der Waals surface area contributed by atoms with Crippen LogP contribution in [-0.2, 0) is 12.7 Å². The SMILES string of the molecule is O=C1c2cnc(-c3ccccc3C(F)(F)F)nc2OCCN1Cc1ccccc1. The third-order valence-electron chi connectivity index (χ3n) is 4.56. The van der Waals surface area contributed by atoms with Crippen LogP contribution >= 0.6 is 0 Å². The first-order chi connectivity index (χ1) is 13.9. The Morgan fingerprint density at radius 1 is 1.00 bits per heavy atom. The molecule has 1 aliphatic rings. The van der Waals surface area contributed by atoms with Crippen LogP contribution in [0.4, 0.5) is 13.2 Å². The fourth-order valence-electron chi connectivity index (χ4n) is 3.16. The summed E-state index contributed by atoms with van der Waals surface area (Å²) >= 11 is 0. The molecule has 0 saturated carbocycles. The Hall–Kier alpha value is -3.42. The predicted octanol–water partition coefficient (Wildman–Crippen LogP) is 4.20. The molecule has 2 heterocycles. The van der Waals surface area contributed by atoms with Gasteiger partial charge in [0.2, 0.25) is 5.88 Å². The summed E-state index contributed by atoms with van der Waals surface area (Å²) in [6.07, 6.45) is -3.31. The number of hydrogen-bond donors (Lipinski definition) is 0. The normalized spacial score (nSPS) is 14.2. The lowest BCUT2D eigenvalue weighted by atomic mass is 10.1. The molecule has 1 amide bonds. The van der Waals surface area contributed by atoms with Crippen molar-refractivity contribution in [3.8, 4) is 17.3 Å². The molecular weight excluding hydrogens is 383 g/mol. The highest BCUT2D eigenvalue weighted by Crippen LogP contribution is 2.36. The van der Waals surface area contributed by atoms with Gasteiger partial charge in [-0.05, 0) is 11.6 Å². The minimum absolute atomic E-state index is 0.00691. The first-order valence-electron chi connectivity index (χ1n) is 8.93. The molecule has 1 aliphatic heterocycles. The van der Waals surface area contributed by atoms with Crippen molar-refractivity contribution in [3.05, 3.63) is 77.5 Å². The first kappa shape index (κ1) is 18.9. The van der Waals surface area contributed by atoms with Crippen molar-refractivity contribution in [2.75, 3.05) is 13.2 Å². The van der Waals surface area contributed by atoms with Gasteiger partial charge in [0.25, 0.3) is 5.91 Å². The van der Waals surface area contributed by atoms with Crippen molar-refractivity contribution >= 4 is 5.91 Å². The van der Waals surface area contributed by atoms with Crippen LogP contribution in [0.25, 0.3) is 11.4 Å². The van der Waals surface area contributed by atoms with Crippen LogP contribution in [-0.4, -0.2) is 33.9 Å². The van der Waals surface area contributed by atoms with Crippen molar-refractivity contribution in [1.29, 1.82) is 0 Å². The summed E-state index contributed by atoms with van der Waals surface area (Å²) in [5.74, 6) is -0.467. The predicted molar refractivity (Wildman–Crippen MR) is 99.1 cm³/mol. The number of hydrogen-bond acceptors (Lipinski definition) is 4. The molecule has 0 unspecified atom stereocenters. The zero-order valence-corrected chi connectivity index (χ0v) is 15.2. The summed E-state index contributed by atoms with van der Waals surface area (Å²) < 4.78 is 45.5. The van der Waals surface area contributed by atoms with E-state index in [9.17, 15) is 18.0 Å². The van der Waals surface area contributed by atoms with E-state index in [1.54, 1.807) is 4.90 Å². The molecule has 3 aromatic rings. The summed E-state index contributed by atoms with van der Waals surface area (Å²) in [5.41, 5.74) is 0.0856. The molecule has 0 N–H and O–H groups in total. The summed E-state index contributed by atoms with van der Waals surface area (Å²) in [6.45, 7) is 0.905. The van der Waals surface area contributed by atoms with E-state index < -0.39 is 11.7 Å². The number of amides is 1. The second-order valence-corrected chi connectivity index (χ2v) is 6.52. The van der Waals surface area contributed by atoms with Gasteiger partial charge in [-0.3, -0.25) is 4.79 Å². The number of carbonyl (C=O) groups is 1. The van der Waals surface area contributed by atoms with E-state index in [4.69, 9.17) is 4.74 Å². The van der Waals surface area contributed by atoms with Crippen molar-refractivity contribution in [2.45, 2.75) is 12.7 Å². The lowest BCUT2D eigenvalue weighted by Crippen LogP contribution is -2.31. The van der Waals surface area contributed by atoms with E-state index in [0.29, 0.717) is 13.1 Å². The van der Waals surface area contributed by atoms with Crippen molar-refractivity contribution in [2.24, 2.45) is 0 Å². The number of rotatable bonds is 3. The Labute approximate surface area is 164 Å². The molecule has 0 spiro atoms. The second-order valence-electron chi connectivity index (χ2n) is 6.52. The molecule has 1 aromatic heterocycles. The lowest BCUT2D eigenvalue weighted by molar-refractivity contribution is -0.137. The Morgan fingerprint density at radius 2 is 1.72 bits per heavy atom. The molecule has 0 aliphatic carbocycles. The molecule has 148 valence electrons. The highest BCUT2D eigenvalue weighted by atomic mass is 19.4. The average Bonchev–Trinajstić information content (AvgIpc) is 2.87. The molecule has 0 bridgehead atoms. The standard InChI is InChI=1S/C21H16F3N3O2/c22-21(23,24)17-9-5-4-8-15(17)18-25-12-16-19(26-18)29-11-10-27(20(16)28)13-14-6-2-1-3-7-14/h1-9,12H,10-11,13H2. The third-order valence-corrected chi connectivity index (χ3v) is 4.56. The van der Waals surface area contributed by atoms with E-state index in [2.05, 4.69) is 9.97 Å². The van der Waals surface area contributed by atoms with Gasteiger partial charge in [-0.15, -0.1) is 0 Å². The number of halogens is 3. The fourth-order valence-corrected chi connectivity index (χ4v) is 3.16. The molecule has 0 saturated heterocycles. The van der Waals surface area contributed by atoms with Crippen LogP contribution in [0.3, 0.4) is 0 Å². The van der Waals surface area contributed by atoms with Crippen LogP contribution in [0.5, 0.6) is 5.88 Å². The van der Waals surface area contributed by atoms with Gasteiger partial charge in [-0.25, -0.2) is 4.98 Å². The maximum Gasteiger partial charge on any atom is 0.417 e. The first-order valence-corrected chi connectivity index (χ1v) is 8.93. The summed E-state index contributed by atoms with van der Waals surface area (Å²) in [5, 5.41) is 0. The van der Waals surface area contributed by atoms with Crippen LogP contribution < -0.4 is 4.74 Å². The Balaban J connectivity index is 1.67. The monoisotopic (exact) mass is 399 g/mol. The van der Waals surface area contributed by atoms with Crippen LogP contribution in [0.15, 0.2) is 60.8 Å². The zero-order valence-electron chi connectivity index (χ0n) is 15.2. The number of alkyl halides is 3. The number of nitrogens with zero attached hydrogens (tertiary/aromatic N) is 3. The van der Waals surface area contributed by atoms with Gasteiger partial charge in [-0.1, -0.05) is 48.5 Å². The van der Waals surface area contributed by atoms with Crippen molar-refractivity contribution < 1.29 is 22.7 Å². The summed E-state index contributed by atoms with van der Waals surface area (Å²) in [4.78, 5) is 22.7. The highest BCUT2D eigenvalue weighted by molar-refractivity contribution is 5.96. The Bertz CT molecular complexity index is 1040. The van der Waals surface area contributed by atoms with E-state index in [1.165, 1.54) is 24.4 Å². The molecule has 29 heavy (non-hydrogen) atoms. The van der Waals surface area contributed by atoms with Gasteiger partial charge in [0, 0.05) is 18.3 Å². The van der Waals surface area contributed by atoms with E-state index >= 15 is 0 Å². The summed E-state index contributed by atoms with van der Waals surface area (Å²) in [6, 6.07) is 14.5. The van der Waals surface area contributed by atoms with Gasteiger partial charge in [0.1, 0.15) is 12.2 Å². The Morgan fingerprint density at radius 3 is 2.48 bits per heavy atom. The zero-order chi connectivity index (χ0) is 20.4. The maximum atomic E-state index is 13.3. The molecule has 2 aromatic carbocycles. The van der Waals surface area contributed by atoms with E-state index in [0.717, 1.165) is 11.6 Å². The number of carbonyl (C=O) groups excluding carboxylic acids is 1. The average molecular weight is 399 g/mol. The Kier molecular flexibility index (Phi) is 4.92. The smallest absolute Gasteiger partial charge is 0.417 e. The molecule has 8 heteroatoms. The molecular formula is C21H16F3N3O2. The quantitative estimate of drug-likeness (QED) is 0.663.